The Labute approximate surface area is 136 Å². The molecule has 0 bridgehead atoms. The first-order valence-corrected chi connectivity index (χ1v) is 7.54. The zero-order valence-corrected chi connectivity index (χ0v) is 14.0. The molecule has 0 aliphatic heterocycles. The van der Waals surface area contributed by atoms with E-state index in [1.54, 1.807) is 45.0 Å². The fourth-order valence-corrected chi connectivity index (χ4v) is 1.93. The van der Waals surface area contributed by atoms with Crippen molar-refractivity contribution >= 4 is 11.9 Å². The molecule has 1 aromatic carbocycles. The van der Waals surface area contributed by atoms with Gasteiger partial charge in [-0.3, -0.25) is 4.79 Å². The van der Waals surface area contributed by atoms with E-state index < -0.39 is 23.8 Å². The lowest BCUT2D eigenvalue weighted by atomic mass is 10.0. The Balaban J connectivity index is 2.64. The number of rotatable bonds is 6. The molecule has 0 fully saturated rings. The van der Waals surface area contributed by atoms with Crippen LogP contribution in [0.4, 0.5) is 0 Å². The first-order valence-electron chi connectivity index (χ1n) is 7.54. The minimum absolute atomic E-state index is 0.187. The Hall–Kier alpha value is -1.92. The van der Waals surface area contributed by atoms with E-state index in [-0.39, 0.29) is 18.9 Å². The highest BCUT2D eigenvalue weighted by molar-refractivity contribution is 5.89. The van der Waals surface area contributed by atoms with Crippen molar-refractivity contribution in [3.8, 4) is 0 Å². The standard InChI is InChI=1S/C17H25NO5/c1-11(19)18-10-9-14(20)15(21)12-5-7-13(8-6-12)16(22)23-17(2,3)4/h5-8,14-15,20-21H,9-10H2,1-4H3,(H,18,19). The van der Waals surface area contributed by atoms with E-state index >= 15 is 0 Å². The fraction of sp³-hybridized carbons (Fsp3) is 0.529. The summed E-state index contributed by atoms with van der Waals surface area (Å²) >= 11 is 0. The number of hydrogen-bond donors (Lipinski definition) is 3. The number of nitrogens with one attached hydrogen (secondary N) is 1. The van der Waals surface area contributed by atoms with Crippen LogP contribution < -0.4 is 5.32 Å². The molecule has 0 aliphatic carbocycles. The number of esters is 1. The molecule has 128 valence electrons. The van der Waals surface area contributed by atoms with Crippen molar-refractivity contribution in [2.75, 3.05) is 6.54 Å². The number of ether oxygens (including phenoxy) is 1. The Kier molecular flexibility index (Phi) is 6.72. The Morgan fingerprint density at radius 1 is 1.17 bits per heavy atom. The van der Waals surface area contributed by atoms with Gasteiger partial charge in [0.15, 0.2) is 0 Å². The summed E-state index contributed by atoms with van der Waals surface area (Å²) in [4.78, 5) is 22.7. The summed E-state index contributed by atoms with van der Waals surface area (Å²) in [6, 6.07) is 6.25. The molecular formula is C17H25NO5. The largest absolute Gasteiger partial charge is 0.456 e. The van der Waals surface area contributed by atoms with Gasteiger partial charge in [-0.1, -0.05) is 12.1 Å². The van der Waals surface area contributed by atoms with Crippen molar-refractivity contribution in [3.63, 3.8) is 0 Å². The van der Waals surface area contributed by atoms with E-state index in [0.717, 1.165) is 0 Å². The molecule has 3 N–H and O–H groups in total. The topological polar surface area (TPSA) is 95.9 Å². The summed E-state index contributed by atoms with van der Waals surface area (Å²) in [7, 11) is 0. The van der Waals surface area contributed by atoms with Crippen LogP contribution in [-0.4, -0.2) is 40.3 Å². The van der Waals surface area contributed by atoms with E-state index in [1.807, 2.05) is 0 Å². The third kappa shape index (κ3) is 6.80. The van der Waals surface area contributed by atoms with Gasteiger partial charge in [0.1, 0.15) is 11.7 Å². The van der Waals surface area contributed by atoms with Gasteiger partial charge < -0.3 is 20.3 Å². The summed E-state index contributed by atoms with van der Waals surface area (Å²) in [6.07, 6.45) is -1.86. The lowest BCUT2D eigenvalue weighted by molar-refractivity contribution is -0.119. The third-order valence-electron chi connectivity index (χ3n) is 3.07. The maximum absolute atomic E-state index is 11.9. The summed E-state index contributed by atoms with van der Waals surface area (Å²) < 4.78 is 5.26. The van der Waals surface area contributed by atoms with Gasteiger partial charge in [0.2, 0.25) is 5.91 Å². The average molecular weight is 323 g/mol. The van der Waals surface area contributed by atoms with E-state index in [2.05, 4.69) is 5.32 Å². The van der Waals surface area contributed by atoms with E-state index in [4.69, 9.17) is 4.74 Å². The van der Waals surface area contributed by atoms with E-state index in [9.17, 15) is 19.8 Å². The van der Waals surface area contributed by atoms with Crippen molar-refractivity contribution in [1.29, 1.82) is 0 Å². The van der Waals surface area contributed by atoms with Gasteiger partial charge in [0.05, 0.1) is 11.7 Å². The minimum atomic E-state index is -1.09. The molecule has 23 heavy (non-hydrogen) atoms. The molecular weight excluding hydrogens is 298 g/mol. The Morgan fingerprint density at radius 3 is 2.22 bits per heavy atom. The molecule has 2 atom stereocenters. The van der Waals surface area contributed by atoms with Gasteiger partial charge in [0, 0.05) is 13.5 Å². The molecule has 0 saturated carbocycles. The molecule has 6 heteroatoms. The normalized spacial score (nSPS) is 14.0. The fourth-order valence-electron chi connectivity index (χ4n) is 1.93. The van der Waals surface area contributed by atoms with Crippen molar-refractivity contribution < 1.29 is 24.5 Å². The number of hydrogen-bond acceptors (Lipinski definition) is 5. The molecule has 0 saturated heterocycles. The molecule has 1 amide bonds. The van der Waals surface area contributed by atoms with Crippen LogP contribution in [0.5, 0.6) is 0 Å². The Bertz CT molecular complexity index is 533. The molecule has 2 unspecified atom stereocenters. The number of aliphatic hydroxyl groups excluding tert-OH is 2. The van der Waals surface area contributed by atoms with Crippen LogP contribution in [0.1, 0.15) is 56.1 Å². The molecule has 6 nitrogen and oxygen atoms in total. The van der Waals surface area contributed by atoms with Gasteiger partial charge in [0.25, 0.3) is 0 Å². The van der Waals surface area contributed by atoms with Crippen LogP contribution in [0.15, 0.2) is 24.3 Å². The van der Waals surface area contributed by atoms with Crippen LogP contribution >= 0.6 is 0 Å². The van der Waals surface area contributed by atoms with Crippen LogP contribution in [0.2, 0.25) is 0 Å². The number of carbonyl (C=O) groups excluding carboxylic acids is 2. The highest BCUT2D eigenvalue weighted by Crippen LogP contribution is 2.20. The molecule has 0 aromatic heterocycles. The summed E-state index contributed by atoms with van der Waals surface area (Å²) in [6.45, 7) is 7.03. The van der Waals surface area contributed by atoms with Gasteiger partial charge >= 0.3 is 5.97 Å². The van der Waals surface area contributed by atoms with Gasteiger partial charge in [-0.2, -0.15) is 0 Å². The van der Waals surface area contributed by atoms with E-state index in [1.165, 1.54) is 6.92 Å². The van der Waals surface area contributed by atoms with Crippen LogP contribution in [-0.2, 0) is 9.53 Å². The SMILES string of the molecule is CC(=O)NCCC(O)C(O)c1ccc(C(=O)OC(C)(C)C)cc1. The molecule has 0 radical (unpaired) electrons. The second kappa shape index (κ2) is 8.08. The summed E-state index contributed by atoms with van der Waals surface area (Å²) in [5.74, 6) is -0.627. The van der Waals surface area contributed by atoms with E-state index in [0.29, 0.717) is 11.1 Å². The van der Waals surface area contributed by atoms with Crippen molar-refractivity contribution in [2.24, 2.45) is 0 Å². The highest BCUT2D eigenvalue weighted by atomic mass is 16.6. The zero-order chi connectivity index (χ0) is 17.6. The maximum atomic E-state index is 11.9. The number of carbonyl (C=O) groups is 2. The number of aliphatic hydroxyl groups is 2. The average Bonchev–Trinajstić information content (AvgIpc) is 2.44. The summed E-state index contributed by atoms with van der Waals surface area (Å²) in [5, 5.41) is 22.6. The van der Waals surface area contributed by atoms with Crippen LogP contribution in [0.25, 0.3) is 0 Å². The zero-order valence-electron chi connectivity index (χ0n) is 14.0. The predicted octanol–water partition coefficient (Wildman–Crippen LogP) is 1.56. The lowest BCUT2D eigenvalue weighted by Crippen LogP contribution is -2.27. The maximum Gasteiger partial charge on any atom is 0.338 e. The van der Waals surface area contributed by atoms with Crippen LogP contribution in [0.3, 0.4) is 0 Å². The monoisotopic (exact) mass is 323 g/mol. The van der Waals surface area contributed by atoms with Crippen molar-refractivity contribution in [3.05, 3.63) is 35.4 Å². The van der Waals surface area contributed by atoms with Crippen molar-refractivity contribution in [2.45, 2.75) is 51.9 Å². The van der Waals surface area contributed by atoms with Crippen LogP contribution in [0, 0.1) is 0 Å². The quantitative estimate of drug-likeness (QED) is 0.691. The minimum Gasteiger partial charge on any atom is -0.456 e. The highest BCUT2D eigenvalue weighted by Gasteiger charge is 2.20. The van der Waals surface area contributed by atoms with Gasteiger partial charge in [-0.05, 0) is 44.9 Å². The molecule has 0 spiro atoms. The lowest BCUT2D eigenvalue weighted by Gasteiger charge is -2.20. The molecule has 0 aliphatic rings. The molecule has 1 rings (SSSR count). The first kappa shape index (κ1) is 19.1. The second-order valence-electron chi connectivity index (χ2n) is 6.41. The molecule has 0 heterocycles. The first-order chi connectivity index (χ1) is 10.6. The number of benzene rings is 1. The van der Waals surface area contributed by atoms with Gasteiger partial charge in [-0.25, -0.2) is 4.79 Å². The predicted molar refractivity (Wildman–Crippen MR) is 85.9 cm³/mol. The van der Waals surface area contributed by atoms with Gasteiger partial charge in [-0.15, -0.1) is 0 Å². The number of amides is 1. The summed E-state index contributed by atoms with van der Waals surface area (Å²) in [5.41, 5.74) is 0.297. The third-order valence-corrected chi connectivity index (χ3v) is 3.07. The van der Waals surface area contributed by atoms with Crippen molar-refractivity contribution in [1.82, 2.24) is 5.32 Å². The second-order valence-corrected chi connectivity index (χ2v) is 6.41. The molecule has 1 aromatic rings. The Morgan fingerprint density at radius 2 is 1.74 bits per heavy atom. The smallest absolute Gasteiger partial charge is 0.338 e.